The summed E-state index contributed by atoms with van der Waals surface area (Å²) >= 11 is 4.24. The Morgan fingerprint density at radius 3 is 2.18 bits per heavy atom. The maximum Gasteiger partial charge on any atom is 0.0252 e. The Balaban J connectivity index is 0.000000461. The Hall–Kier alpha value is 1.38. The van der Waals surface area contributed by atoms with Gasteiger partial charge in [0.25, 0.3) is 0 Å². The summed E-state index contributed by atoms with van der Waals surface area (Å²) < 4.78 is 0. The molecule has 0 aliphatic carbocycles. The lowest BCUT2D eigenvalue weighted by atomic mass is 9.88. The predicted octanol–water partition coefficient (Wildman–Crippen LogP) is 1.98. The number of halogens is 2. The molecule has 4 heteroatoms. The molecule has 1 unspecified atom stereocenters. The molecule has 1 rings (SSSR count). The quantitative estimate of drug-likeness (QED) is 0.678. The summed E-state index contributed by atoms with van der Waals surface area (Å²) in [5.41, 5.74) is 0.439. The van der Waals surface area contributed by atoms with Gasteiger partial charge >= 0.3 is 0 Å². The molecule has 1 heterocycles. The van der Waals surface area contributed by atoms with Crippen molar-refractivity contribution in [2.24, 2.45) is 5.41 Å². The van der Waals surface area contributed by atoms with Crippen molar-refractivity contribution in [1.82, 2.24) is 10.6 Å². The van der Waals surface area contributed by atoms with Crippen LogP contribution < -0.4 is 10.6 Å². The molecule has 2 N–H and O–H groups in total. The average molecular weight is 382 g/mol. The van der Waals surface area contributed by atoms with Gasteiger partial charge in [-0.15, -0.1) is 0 Å². The molecule has 0 radical (unpaired) electrons. The van der Waals surface area contributed by atoms with Crippen molar-refractivity contribution in [3.8, 4) is 0 Å². The van der Waals surface area contributed by atoms with Gasteiger partial charge < -0.3 is 10.6 Å². The lowest BCUT2D eigenvalue weighted by Crippen LogP contribution is -2.38. The van der Waals surface area contributed by atoms with Crippen molar-refractivity contribution >= 4 is 37.2 Å². The van der Waals surface area contributed by atoms with Gasteiger partial charge in [0.2, 0.25) is 0 Å². The normalized spacial score (nSPS) is 27.5. The lowest BCUT2D eigenvalue weighted by Gasteiger charge is -2.24. The molecule has 1 aliphatic rings. The molecule has 0 amide bonds. The van der Waals surface area contributed by atoms with Crippen LogP contribution in [-0.4, -0.2) is 26.2 Å². The Kier molecular flexibility index (Phi) is 6.67. The highest BCUT2D eigenvalue weighted by atomic mass is 128. The minimum Gasteiger partial charge on any atom is -0.315 e. The van der Waals surface area contributed by atoms with Gasteiger partial charge in [0.05, 0.1) is 0 Å². The van der Waals surface area contributed by atoms with Gasteiger partial charge in [-0.25, -0.2) is 0 Å². The zero-order valence-electron chi connectivity index (χ0n) is 7.25. The van der Waals surface area contributed by atoms with Gasteiger partial charge in [0.15, 0.2) is 0 Å². The topological polar surface area (TPSA) is 24.1 Å². The van der Waals surface area contributed by atoms with Crippen LogP contribution in [0.15, 0.2) is 0 Å². The summed E-state index contributed by atoms with van der Waals surface area (Å²) in [6.07, 6.45) is 0. The van der Waals surface area contributed by atoms with Crippen LogP contribution in [0.4, 0.5) is 0 Å². The van der Waals surface area contributed by atoms with Crippen LogP contribution in [-0.2, 0) is 0 Å². The number of rotatable bonds is 1. The summed E-state index contributed by atoms with van der Waals surface area (Å²) in [4.78, 5) is 0. The molecule has 0 aromatic carbocycles. The van der Waals surface area contributed by atoms with E-state index in [0.717, 1.165) is 13.1 Å². The number of likely N-dealkylation sites (N-methyl/N-ethyl adjacent to an activating group) is 1. The molecule has 1 saturated heterocycles. The van der Waals surface area contributed by atoms with E-state index in [-0.39, 0.29) is 0 Å². The van der Waals surface area contributed by atoms with E-state index in [4.69, 9.17) is 0 Å². The Morgan fingerprint density at radius 1 is 1.45 bits per heavy atom. The first-order valence-electron chi connectivity index (χ1n) is 3.69. The summed E-state index contributed by atoms with van der Waals surface area (Å²) in [6.45, 7) is 6.82. The second kappa shape index (κ2) is 5.93. The second-order valence-electron chi connectivity index (χ2n) is 3.46. The lowest BCUT2D eigenvalue weighted by molar-refractivity contribution is 0.325. The highest BCUT2D eigenvalue weighted by Crippen LogP contribution is 2.22. The summed E-state index contributed by atoms with van der Waals surface area (Å²) in [6, 6.07) is 0.650. The molecule has 68 valence electrons. The van der Waals surface area contributed by atoms with Crippen LogP contribution in [0.3, 0.4) is 0 Å². The summed E-state index contributed by atoms with van der Waals surface area (Å²) in [7, 11) is 2.03. The minimum absolute atomic E-state index is 0.439. The molecule has 0 bridgehead atoms. The highest BCUT2D eigenvalue weighted by molar-refractivity contribution is 15.0. The molecular formula is C7H16I2N2. The Labute approximate surface area is 92.6 Å². The number of hydrogen-bond acceptors (Lipinski definition) is 2. The third-order valence-corrected chi connectivity index (χ3v) is 2.22. The molecule has 0 aromatic heterocycles. The molecule has 1 fully saturated rings. The fourth-order valence-electron chi connectivity index (χ4n) is 1.43. The van der Waals surface area contributed by atoms with E-state index in [9.17, 15) is 0 Å². The smallest absolute Gasteiger partial charge is 0.0252 e. The highest BCUT2D eigenvalue weighted by Gasteiger charge is 2.32. The first-order chi connectivity index (χ1) is 5.17. The second-order valence-corrected chi connectivity index (χ2v) is 3.46. The van der Waals surface area contributed by atoms with Crippen LogP contribution in [0.1, 0.15) is 13.8 Å². The Bertz CT molecular complexity index is 107. The van der Waals surface area contributed by atoms with Gasteiger partial charge in [0.1, 0.15) is 0 Å². The first kappa shape index (κ1) is 12.4. The first-order valence-corrected chi connectivity index (χ1v) is 9.97. The van der Waals surface area contributed by atoms with Crippen LogP contribution in [0.2, 0.25) is 0 Å². The van der Waals surface area contributed by atoms with Crippen molar-refractivity contribution in [3.05, 3.63) is 0 Å². The van der Waals surface area contributed by atoms with Gasteiger partial charge in [-0.3, -0.25) is 0 Å². The molecule has 1 atom stereocenters. The maximum atomic E-state index is 3.35. The van der Waals surface area contributed by atoms with Crippen LogP contribution in [0, 0.1) is 5.41 Å². The fraction of sp³-hybridized carbons (Fsp3) is 1.00. The van der Waals surface area contributed by atoms with Crippen LogP contribution in [0.5, 0.6) is 0 Å². The van der Waals surface area contributed by atoms with E-state index in [1.165, 1.54) is 0 Å². The van der Waals surface area contributed by atoms with Crippen molar-refractivity contribution < 1.29 is 0 Å². The third-order valence-electron chi connectivity index (χ3n) is 2.22. The monoisotopic (exact) mass is 382 g/mol. The zero-order chi connectivity index (χ0) is 8.91. The van der Waals surface area contributed by atoms with Gasteiger partial charge in [0, 0.05) is 56.4 Å². The average Bonchev–Trinajstić information content (AvgIpc) is 2.33. The zero-order valence-corrected chi connectivity index (χ0v) is 11.6. The van der Waals surface area contributed by atoms with Gasteiger partial charge in [-0.05, 0) is 12.5 Å². The van der Waals surface area contributed by atoms with Crippen LogP contribution >= 0.6 is 37.2 Å². The summed E-state index contributed by atoms with van der Waals surface area (Å²) in [5.74, 6) is 0. The minimum atomic E-state index is 0.439. The molecule has 1 aliphatic heterocycles. The van der Waals surface area contributed by atoms with Crippen molar-refractivity contribution in [1.29, 1.82) is 0 Å². The third kappa shape index (κ3) is 3.73. The largest absolute Gasteiger partial charge is 0.315 e. The molecule has 11 heavy (non-hydrogen) atoms. The van der Waals surface area contributed by atoms with Crippen molar-refractivity contribution in [2.75, 3.05) is 20.1 Å². The fourth-order valence-corrected chi connectivity index (χ4v) is 1.43. The molecule has 0 spiro atoms. The van der Waals surface area contributed by atoms with E-state index in [1.807, 2.05) is 7.05 Å². The summed E-state index contributed by atoms with van der Waals surface area (Å²) in [5, 5.41) is 6.64. The van der Waals surface area contributed by atoms with E-state index in [2.05, 4.69) is 61.7 Å². The molecule has 0 saturated carbocycles. The van der Waals surface area contributed by atoms with E-state index in [0.29, 0.717) is 11.5 Å². The van der Waals surface area contributed by atoms with Crippen molar-refractivity contribution in [2.45, 2.75) is 19.9 Å². The van der Waals surface area contributed by atoms with Crippen LogP contribution in [0.25, 0.3) is 0 Å². The molecular weight excluding hydrogens is 366 g/mol. The van der Waals surface area contributed by atoms with Gasteiger partial charge in [-0.2, -0.15) is 0 Å². The number of nitrogens with one attached hydrogen (secondary N) is 2. The van der Waals surface area contributed by atoms with E-state index in [1.54, 1.807) is 0 Å². The maximum absolute atomic E-state index is 3.35. The standard InChI is InChI=1S/C7H16N2.I2/c1-7(2)5-9-4-6(7)8-3;1-2/h6,8-9H,4-5H2,1-3H3;. The SMILES string of the molecule is CNC1CNCC1(C)C.II. The number of hydrogen-bond donors (Lipinski definition) is 2. The van der Waals surface area contributed by atoms with Crippen molar-refractivity contribution in [3.63, 3.8) is 0 Å². The molecule has 0 aromatic rings. The predicted molar refractivity (Wildman–Crippen MR) is 67.5 cm³/mol. The molecule has 2 nitrogen and oxygen atoms in total. The van der Waals surface area contributed by atoms with E-state index < -0.39 is 0 Å². The Morgan fingerprint density at radius 2 is 2.00 bits per heavy atom. The van der Waals surface area contributed by atoms with Gasteiger partial charge in [-0.1, -0.05) is 13.8 Å². The van der Waals surface area contributed by atoms with E-state index >= 15 is 0 Å².